The number of methoxy groups -OCH3 is 1. The monoisotopic (exact) mass is 292 g/mol. The second kappa shape index (κ2) is 6.72. The van der Waals surface area contributed by atoms with Gasteiger partial charge in [-0.1, -0.05) is 19.9 Å². The van der Waals surface area contributed by atoms with Crippen molar-refractivity contribution in [3.8, 4) is 5.75 Å². The summed E-state index contributed by atoms with van der Waals surface area (Å²) in [5.74, 6) is 1.72. The van der Waals surface area contributed by atoms with Crippen LogP contribution in [-0.2, 0) is 6.54 Å². The molecule has 1 atom stereocenters. The molecule has 5 heteroatoms. The van der Waals surface area contributed by atoms with Crippen LogP contribution in [0.15, 0.2) is 28.8 Å². The summed E-state index contributed by atoms with van der Waals surface area (Å²) in [6.07, 6.45) is 1.75. The number of benzene rings is 1. The van der Waals surface area contributed by atoms with Crippen LogP contribution in [0.25, 0.3) is 0 Å². The minimum atomic E-state index is -0.359. The quantitative estimate of drug-likeness (QED) is 0.879. The van der Waals surface area contributed by atoms with Crippen LogP contribution in [0, 0.1) is 5.82 Å². The van der Waals surface area contributed by atoms with Gasteiger partial charge in [0.15, 0.2) is 11.6 Å². The molecule has 1 N–H and O–H groups in total. The Morgan fingerprint density at radius 2 is 2.10 bits per heavy atom. The van der Waals surface area contributed by atoms with E-state index in [2.05, 4.69) is 24.1 Å². The van der Waals surface area contributed by atoms with Crippen molar-refractivity contribution in [2.45, 2.75) is 39.3 Å². The third kappa shape index (κ3) is 3.82. The third-order valence-corrected chi connectivity index (χ3v) is 3.38. The van der Waals surface area contributed by atoms with E-state index in [4.69, 9.17) is 9.15 Å². The zero-order chi connectivity index (χ0) is 15.4. The number of hydrogen-bond acceptors (Lipinski definition) is 4. The molecule has 114 valence electrons. The van der Waals surface area contributed by atoms with Gasteiger partial charge in [-0.2, -0.15) is 0 Å². The first-order valence-electron chi connectivity index (χ1n) is 7.02. The Morgan fingerprint density at radius 3 is 2.67 bits per heavy atom. The average molecular weight is 292 g/mol. The van der Waals surface area contributed by atoms with Gasteiger partial charge in [0.1, 0.15) is 5.76 Å². The fourth-order valence-corrected chi connectivity index (χ4v) is 1.98. The van der Waals surface area contributed by atoms with E-state index in [1.807, 2.05) is 13.0 Å². The summed E-state index contributed by atoms with van der Waals surface area (Å²) in [7, 11) is 1.45. The van der Waals surface area contributed by atoms with Crippen molar-refractivity contribution in [3.63, 3.8) is 0 Å². The molecule has 0 spiro atoms. The minimum absolute atomic E-state index is 0.0141. The van der Waals surface area contributed by atoms with Crippen molar-refractivity contribution in [1.29, 1.82) is 0 Å². The van der Waals surface area contributed by atoms with Gasteiger partial charge in [0.2, 0.25) is 5.89 Å². The summed E-state index contributed by atoms with van der Waals surface area (Å²) < 4.78 is 24.2. The molecule has 4 nitrogen and oxygen atoms in total. The first kappa shape index (κ1) is 15.5. The van der Waals surface area contributed by atoms with Crippen LogP contribution in [-0.4, -0.2) is 12.1 Å². The Kier molecular flexibility index (Phi) is 4.96. The molecule has 2 rings (SSSR count). The Morgan fingerprint density at radius 1 is 1.33 bits per heavy atom. The summed E-state index contributed by atoms with van der Waals surface area (Å²) in [5.41, 5.74) is 0.851. The maximum Gasteiger partial charge on any atom is 0.208 e. The Bertz CT molecular complexity index is 596. The van der Waals surface area contributed by atoms with Gasteiger partial charge >= 0.3 is 0 Å². The zero-order valence-corrected chi connectivity index (χ0v) is 12.8. The molecular formula is C16H21FN2O2. The van der Waals surface area contributed by atoms with Crippen LogP contribution in [0.3, 0.4) is 0 Å². The summed E-state index contributed by atoms with van der Waals surface area (Å²) >= 11 is 0. The van der Waals surface area contributed by atoms with Gasteiger partial charge in [-0.05, 0) is 24.6 Å². The van der Waals surface area contributed by atoms with Crippen molar-refractivity contribution >= 4 is 0 Å². The first-order valence-corrected chi connectivity index (χ1v) is 7.02. The molecular weight excluding hydrogens is 271 g/mol. The van der Waals surface area contributed by atoms with E-state index >= 15 is 0 Å². The van der Waals surface area contributed by atoms with Crippen molar-refractivity contribution < 1.29 is 13.5 Å². The fourth-order valence-electron chi connectivity index (χ4n) is 1.98. The van der Waals surface area contributed by atoms with Gasteiger partial charge in [-0.3, -0.25) is 0 Å². The smallest absolute Gasteiger partial charge is 0.208 e. The highest BCUT2D eigenvalue weighted by Gasteiger charge is 2.12. The maximum atomic E-state index is 13.7. The molecule has 0 radical (unpaired) electrons. The lowest BCUT2D eigenvalue weighted by Crippen LogP contribution is -2.18. The molecule has 1 aromatic carbocycles. The molecule has 0 amide bonds. The molecule has 0 saturated carbocycles. The van der Waals surface area contributed by atoms with Crippen LogP contribution < -0.4 is 10.1 Å². The van der Waals surface area contributed by atoms with E-state index in [9.17, 15) is 4.39 Å². The fraction of sp³-hybridized carbons (Fsp3) is 0.438. The maximum absolute atomic E-state index is 13.7. The predicted octanol–water partition coefficient (Wildman–Crippen LogP) is 3.80. The van der Waals surface area contributed by atoms with Crippen LogP contribution in [0.1, 0.15) is 49.9 Å². The van der Waals surface area contributed by atoms with E-state index in [1.165, 1.54) is 13.2 Å². The summed E-state index contributed by atoms with van der Waals surface area (Å²) in [5, 5.41) is 3.27. The van der Waals surface area contributed by atoms with E-state index in [1.54, 1.807) is 12.3 Å². The van der Waals surface area contributed by atoms with Gasteiger partial charge in [0.05, 0.1) is 19.9 Å². The van der Waals surface area contributed by atoms with Gasteiger partial charge in [0.25, 0.3) is 0 Å². The Balaban J connectivity index is 1.97. The summed E-state index contributed by atoms with van der Waals surface area (Å²) in [4.78, 5) is 4.22. The van der Waals surface area contributed by atoms with Gasteiger partial charge in [-0.15, -0.1) is 0 Å². The highest BCUT2D eigenvalue weighted by molar-refractivity contribution is 5.30. The van der Waals surface area contributed by atoms with Crippen LogP contribution in [0.5, 0.6) is 5.75 Å². The lowest BCUT2D eigenvalue weighted by atomic mass is 10.1. The molecule has 0 unspecified atom stereocenters. The number of halogens is 1. The SMILES string of the molecule is COc1ccc([C@@H](C)NCc2ncc(C(C)C)o2)cc1F. The van der Waals surface area contributed by atoms with Crippen LogP contribution in [0.2, 0.25) is 0 Å². The molecule has 0 aliphatic carbocycles. The largest absolute Gasteiger partial charge is 0.494 e. The van der Waals surface area contributed by atoms with Crippen LogP contribution >= 0.6 is 0 Å². The van der Waals surface area contributed by atoms with Crippen molar-refractivity contribution in [1.82, 2.24) is 10.3 Å². The van der Waals surface area contributed by atoms with Gasteiger partial charge in [0, 0.05) is 12.0 Å². The van der Waals surface area contributed by atoms with E-state index in [0.29, 0.717) is 18.4 Å². The van der Waals surface area contributed by atoms with Crippen molar-refractivity contribution in [3.05, 3.63) is 47.4 Å². The molecule has 1 aromatic heterocycles. The predicted molar refractivity (Wildman–Crippen MR) is 78.8 cm³/mol. The first-order chi connectivity index (χ1) is 10.0. The Labute approximate surface area is 124 Å². The second-order valence-electron chi connectivity index (χ2n) is 5.31. The summed E-state index contributed by atoms with van der Waals surface area (Å²) in [6, 6.07) is 4.94. The van der Waals surface area contributed by atoms with E-state index < -0.39 is 0 Å². The molecule has 21 heavy (non-hydrogen) atoms. The average Bonchev–Trinajstić information content (AvgIpc) is 2.93. The van der Waals surface area contributed by atoms with Crippen molar-refractivity contribution in [2.75, 3.05) is 7.11 Å². The Hall–Kier alpha value is -1.88. The second-order valence-corrected chi connectivity index (χ2v) is 5.31. The topological polar surface area (TPSA) is 47.3 Å². The normalized spacial score (nSPS) is 12.7. The van der Waals surface area contributed by atoms with E-state index in [-0.39, 0.29) is 17.6 Å². The number of ether oxygens (including phenoxy) is 1. The molecule has 0 aliphatic rings. The number of rotatable bonds is 6. The molecule has 0 aliphatic heterocycles. The number of hydrogen-bond donors (Lipinski definition) is 1. The number of nitrogens with one attached hydrogen (secondary N) is 1. The lowest BCUT2D eigenvalue weighted by Gasteiger charge is -2.14. The van der Waals surface area contributed by atoms with Gasteiger partial charge in [-0.25, -0.2) is 9.37 Å². The molecule has 1 heterocycles. The third-order valence-electron chi connectivity index (χ3n) is 3.38. The summed E-state index contributed by atoms with van der Waals surface area (Å²) in [6.45, 7) is 6.58. The standard InChI is InChI=1S/C16H21FN2O2/c1-10(2)15-8-19-16(21-15)9-18-11(3)12-5-6-14(20-4)13(17)7-12/h5-8,10-11,18H,9H2,1-4H3/t11-/m1/s1. The highest BCUT2D eigenvalue weighted by atomic mass is 19.1. The minimum Gasteiger partial charge on any atom is -0.494 e. The van der Waals surface area contributed by atoms with Crippen molar-refractivity contribution in [2.24, 2.45) is 0 Å². The molecule has 0 bridgehead atoms. The molecule has 0 fully saturated rings. The van der Waals surface area contributed by atoms with Gasteiger partial charge < -0.3 is 14.5 Å². The van der Waals surface area contributed by atoms with E-state index in [0.717, 1.165) is 11.3 Å². The molecule has 2 aromatic rings. The number of aromatic nitrogens is 1. The molecule has 0 saturated heterocycles. The zero-order valence-electron chi connectivity index (χ0n) is 12.8. The van der Waals surface area contributed by atoms with Crippen LogP contribution in [0.4, 0.5) is 4.39 Å². The number of nitrogens with zero attached hydrogens (tertiary/aromatic N) is 1. The lowest BCUT2D eigenvalue weighted by molar-refractivity contribution is 0.384. The number of oxazole rings is 1. The highest BCUT2D eigenvalue weighted by Crippen LogP contribution is 2.22.